The molecule has 0 radical (unpaired) electrons. The number of ether oxygens (including phenoxy) is 1. The summed E-state index contributed by atoms with van der Waals surface area (Å²) in [6.07, 6.45) is -1.22. The van der Waals surface area contributed by atoms with E-state index in [1.165, 1.54) is 0 Å². The van der Waals surface area contributed by atoms with Crippen molar-refractivity contribution in [2.24, 2.45) is 16.0 Å². The molecule has 0 fully saturated rings. The number of anilines is 1. The Labute approximate surface area is 190 Å². The minimum atomic E-state index is -1.19. The molecule has 0 saturated heterocycles. The molecular weight excluding hydrogens is 422 g/mol. The fourth-order valence-electron chi connectivity index (χ4n) is 2.77. The Hall–Kier alpha value is -4.53. The van der Waals surface area contributed by atoms with Gasteiger partial charge in [0.2, 0.25) is 11.8 Å². The summed E-state index contributed by atoms with van der Waals surface area (Å²) in [6.45, 7) is 0.0244. The molecule has 3 amide bonds. The Bertz CT molecular complexity index is 1100. The van der Waals surface area contributed by atoms with Crippen LogP contribution < -0.4 is 16.4 Å². The average Bonchev–Trinajstić information content (AvgIpc) is 2.83. The van der Waals surface area contributed by atoms with Crippen molar-refractivity contribution in [1.29, 1.82) is 0 Å². The summed E-state index contributed by atoms with van der Waals surface area (Å²) >= 11 is 0. The molecule has 0 saturated carbocycles. The first-order chi connectivity index (χ1) is 16.0. The second kappa shape index (κ2) is 11.8. The largest absolute Gasteiger partial charge is 0.445 e. The summed E-state index contributed by atoms with van der Waals surface area (Å²) < 4.78 is 5.11. The highest BCUT2D eigenvalue weighted by atomic mass is 16.5. The highest BCUT2D eigenvalue weighted by molar-refractivity contribution is 5.99. The van der Waals surface area contributed by atoms with E-state index in [4.69, 9.17) is 10.5 Å². The van der Waals surface area contributed by atoms with Gasteiger partial charge in [-0.1, -0.05) is 48.5 Å². The van der Waals surface area contributed by atoms with Gasteiger partial charge in [0.05, 0.1) is 17.8 Å². The molecular formula is C24H23N5O4. The van der Waals surface area contributed by atoms with Gasteiger partial charge < -0.3 is 21.1 Å². The zero-order chi connectivity index (χ0) is 23.5. The molecule has 168 valence electrons. The summed E-state index contributed by atoms with van der Waals surface area (Å²) in [5.74, 6) is -1.35. The topological polar surface area (TPSA) is 135 Å². The maximum Gasteiger partial charge on any atom is 0.408 e. The molecule has 0 bridgehead atoms. The van der Waals surface area contributed by atoms with Crippen molar-refractivity contribution in [3.63, 3.8) is 0 Å². The van der Waals surface area contributed by atoms with Crippen molar-refractivity contribution >= 4 is 35.0 Å². The first-order valence-electron chi connectivity index (χ1n) is 10.1. The number of carbonyl (C=O) groups is 3. The van der Waals surface area contributed by atoms with Gasteiger partial charge in [0.15, 0.2) is 0 Å². The molecule has 0 aliphatic heterocycles. The molecule has 0 spiro atoms. The molecule has 0 aliphatic rings. The van der Waals surface area contributed by atoms with E-state index in [2.05, 4.69) is 20.9 Å². The molecule has 1 atom stereocenters. The third-order valence-electron chi connectivity index (χ3n) is 4.40. The van der Waals surface area contributed by atoms with Crippen molar-refractivity contribution in [3.8, 4) is 0 Å². The average molecular weight is 445 g/mol. The van der Waals surface area contributed by atoms with Gasteiger partial charge in [0.1, 0.15) is 12.6 Å². The summed E-state index contributed by atoms with van der Waals surface area (Å²) in [7, 11) is 0. The number of hydrogen-bond acceptors (Lipinski definition) is 6. The predicted octanol–water partition coefficient (Wildman–Crippen LogP) is 4.21. The van der Waals surface area contributed by atoms with Gasteiger partial charge in [-0.15, -0.1) is 0 Å². The van der Waals surface area contributed by atoms with Crippen LogP contribution in [0.1, 0.15) is 12.0 Å². The van der Waals surface area contributed by atoms with Crippen LogP contribution in [0.5, 0.6) is 0 Å². The molecule has 9 nitrogen and oxygen atoms in total. The van der Waals surface area contributed by atoms with Crippen LogP contribution in [-0.4, -0.2) is 23.9 Å². The minimum Gasteiger partial charge on any atom is -0.445 e. The number of nitrogens with one attached hydrogen (secondary N) is 2. The van der Waals surface area contributed by atoms with E-state index in [-0.39, 0.29) is 13.0 Å². The van der Waals surface area contributed by atoms with E-state index < -0.39 is 23.9 Å². The number of primary amides is 1. The smallest absolute Gasteiger partial charge is 0.408 e. The number of alkyl carbamates (subject to hydrolysis) is 1. The number of amides is 3. The SMILES string of the molecule is NC(=O)C[C@H](NC(=O)OCc1ccccc1)C(=O)Nc1ccc(N=Nc2ccccc2)cc1. The molecule has 9 heteroatoms. The standard InChI is InChI=1S/C24H23N5O4/c25-22(30)15-21(27-24(32)33-16-17-7-3-1-4-8-17)23(31)26-18-11-13-20(14-12-18)29-28-19-9-5-2-6-10-19/h1-14,21H,15-16H2,(H2,25,30)(H,26,31)(H,27,32)/t21-/m0/s1. The van der Waals surface area contributed by atoms with Crippen LogP contribution in [0.2, 0.25) is 0 Å². The number of carbonyl (C=O) groups excluding carboxylic acids is 3. The molecule has 0 aromatic heterocycles. The zero-order valence-corrected chi connectivity index (χ0v) is 17.7. The molecule has 0 unspecified atom stereocenters. The van der Waals surface area contributed by atoms with Crippen LogP contribution >= 0.6 is 0 Å². The van der Waals surface area contributed by atoms with E-state index in [0.29, 0.717) is 11.4 Å². The van der Waals surface area contributed by atoms with E-state index in [1.807, 2.05) is 48.5 Å². The van der Waals surface area contributed by atoms with Crippen molar-refractivity contribution in [1.82, 2.24) is 5.32 Å². The lowest BCUT2D eigenvalue weighted by molar-refractivity contribution is -0.123. The Balaban J connectivity index is 1.56. The lowest BCUT2D eigenvalue weighted by Crippen LogP contribution is -2.46. The molecule has 3 rings (SSSR count). The summed E-state index contributed by atoms with van der Waals surface area (Å²) in [5, 5.41) is 13.3. The number of benzene rings is 3. The fourth-order valence-corrected chi connectivity index (χ4v) is 2.77. The van der Waals surface area contributed by atoms with Crippen LogP contribution in [0.15, 0.2) is 95.2 Å². The van der Waals surface area contributed by atoms with Gasteiger partial charge in [-0.2, -0.15) is 10.2 Å². The summed E-state index contributed by atoms with van der Waals surface area (Å²) in [4.78, 5) is 36.1. The zero-order valence-electron chi connectivity index (χ0n) is 17.7. The van der Waals surface area contributed by atoms with E-state index in [9.17, 15) is 14.4 Å². The lowest BCUT2D eigenvalue weighted by Gasteiger charge is -2.17. The van der Waals surface area contributed by atoms with Gasteiger partial charge in [-0.3, -0.25) is 9.59 Å². The fraction of sp³-hybridized carbons (Fsp3) is 0.125. The Morgan fingerprint density at radius 3 is 2.00 bits per heavy atom. The van der Waals surface area contributed by atoms with Crippen LogP contribution in [0.3, 0.4) is 0 Å². The molecule has 0 heterocycles. The van der Waals surface area contributed by atoms with Gasteiger partial charge in [-0.25, -0.2) is 4.79 Å². The minimum absolute atomic E-state index is 0.0244. The second-order valence-corrected chi connectivity index (χ2v) is 7.00. The molecule has 0 aliphatic carbocycles. The highest BCUT2D eigenvalue weighted by Crippen LogP contribution is 2.20. The third-order valence-corrected chi connectivity index (χ3v) is 4.40. The normalized spacial score (nSPS) is 11.5. The van der Waals surface area contributed by atoms with Gasteiger partial charge in [0, 0.05) is 5.69 Å². The van der Waals surface area contributed by atoms with Crippen LogP contribution in [-0.2, 0) is 20.9 Å². The van der Waals surface area contributed by atoms with Crippen molar-refractivity contribution in [2.75, 3.05) is 5.32 Å². The van der Waals surface area contributed by atoms with Crippen molar-refractivity contribution < 1.29 is 19.1 Å². The Kier molecular flexibility index (Phi) is 8.24. The van der Waals surface area contributed by atoms with Crippen LogP contribution in [0.4, 0.5) is 21.9 Å². The van der Waals surface area contributed by atoms with Gasteiger partial charge >= 0.3 is 6.09 Å². The lowest BCUT2D eigenvalue weighted by atomic mass is 10.1. The van der Waals surface area contributed by atoms with Crippen molar-refractivity contribution in [2.45, 2.75) is 19.1 Å². The number of azo groups is 1. The Morgan fingerprint density at radius 1 is 0.818 bits per heavy atom. The second-order valence-electron chi connectivity index (χ2n) is 7.00. The Morgan fingerprint density at radius 2 is 1.39 bits per heavy atom. The number of hydrogen-bond donors (Lipinski definition) is 3. The predicted molar refractivity (Wildman–Crippen MR) is 123 cm³/mol. The number of rotatable bonds is 9. The van der Waals surface area contributed by atoms with Crippen LogP contribution in [0, 0.1) is 0 Å². The third kappa shape index (κ3) is 7.91. The van der Waals surface area contributed by atoms with Gasteiger partial charge in [0.25, 0.3) is 0 Å². The van der Waals surface area contributed by atoms with Crippen LogP contribution in [0.25, 0.3) is 0 Å². The maximum atomic E-state index is 12.6. The summed E-state index contributed by atoms with van der Waals surface area (Å²) in [6, 6.07) is 23.7. The first-order valence-corrected chi connectivity index (χ1v) is 10.1. The van der Waals surface area contributed by atoms with E-state index in [1.54, 1.807) is 36.4 Å². The first kappa shape index (κ1) is 23.1. The van der Waals surface area contributed by atoms with E-state index >= 15 is 0 Å². The number of nitrogens with two attached hydrogens (primary N) is 1. The van der Waals surface area contributed by atoms with Crippen molar-refractivity contribution in [3.05, 3.63) is 90.5 Å². The molecule has 33 heavy (non-hydrogen) atoms. The highest BCUT2D eigenvalue weighted by Gasteiger charge is 2.23. The van der Waals surface area contributed by atoms with E-state index in [0.717, 1.165) is 11.3 Å². The maximum absolute atomic E-state index is 12.6. The summed E-state index contributed by atoms with van der Waals surface area (Å²) in [5.41, 5.74) is 7.78. The molecule has 4 N–H and O–H groups in total. The molecule has 3 aromatic rings. The number of nitrogens with zero attached hydrogens (tertiary/aromatic N) is 2. The molecule has 3 aromatic carbocycles. The van der Waals surface area contributed by atoms with Gasteiger partial charge in [-0.05, 0) is 42.0 Å². The monoisotopic (exact) mass is 445 g/mol. The quantitative estimate of drug-likeness (QED) is 0.425.